The molecule has 0 saturated heterocycles. The van der Waals surface area contributed by atoms with E-state index < -0.39 is 11.7 Å². The van der Waals surface area contributed by atoms with Crippen molar-refractivity contribution in [2.75, 3.05) is 6.54 Å². The Kier molecular flexibility index (Phi) is 4.35. The van der Waals surface area contributed by atoms with E-state index in [2.05, 4.69) is 5.32 Å². The summed E-state index contributed by atoms with van der Waals surface area (Å²) in [6, 6.07) is 7.64. The summed E-state index contributed by atoms with van der Waals surface area (Å²) < 4.78 is 8.03. The summed E-state index contributed by atoms with van der Waals surface area (Å²) in [7, 11) is 0. The van der Waals surface area contributed by atoms with Crippen LogP contribution < -0.4 is 10.9 Å². The van der Waals surface area contributed by atoms with Gasteiger partial charge in [0.2, 0.25) is 0 Å². The van der Waals surface area contributed by atoms with Crippen molar-refractivity contribution in [3.63, 3.8) is 0 Å². The fourth-order valence-electron chi connectivity index (χ4n) is 1.74. The van der Waals surface area contributed by atoms with Gasteiger partial charge in [0.15, 0.2) is 0 Å². The third kappa shape index (κ3) is 3.74. The second-order valence-corrected chi connectivity index (χ2v) is 7.65. The molecule has 0 unspecified atom stereocenters. The summed E-state index contributed by atoms with van der Waals surface area (Å²) in [6.07, 6.45) is -0.450. The van der Waals surface area contributed by atoms with Crippen LogP contribution in [0.5, 0.6) is 0 Å². The van der Waals surface area contributed by atoms with Crippen LogP contribution >= 0.6 is 0 Å². The molecule has 0 aliphatic rings. The SMILES string of the molecule is CC(C)(C)OC(=O)NCCn1[se]c2ccccc2c1=O. The van der Waals surface area contributed by atoms with Crippen LogP contribution in [0.3, 0.4) is 0 Å². The number of benzene rings is 1. The van der Waals surface area contributed by atoms with Crippen LogP contribution in [0.4, 0.5) is 4.79 Å². The number of rotatable bonds is 3. The number of alkyl carbamates (subject to hydrolysis) is 1. The van der Waals surface area contributed by atoms with E-state index in [9.17, 15) is 9.59 Å². The fraction of sp³-hybridized carbons (Fsp3) is 0.429. The first-order chi connectivity index (χ1) is 9.37. The van der Waals surface area contributed by atoms with Crippen molar-refractivity contribution in [1.29, 1.82) is 0 Å². The van der Waals surface area contributed by atoms with E-state index in [1.807, 2.05) is 45.0 Å². The average Bonchev–Trinajstić information content (AvgIpc) is 2.65. The number of nitrogens with zero attached hydrogens (tertiary/aromatic N) is 1. The minimum absolute atomic E-state index is 0.00326. The normalized spacial score (nSPS) is 11.6. The van der Waals surface area contributed by atoms with Gasteiger partial charge in [0, 0.05) is 0 Å². The Hall–Kier alpha value is -1.52. The van der Waals surface area contributed by atoms with E-state index in [0.29, 0.717) is 13.1 Å². The molecule has 108 valence electrons. The monoisotopic (exact) mass is 342 g/mol. The van der Waals surface area contributed by atoms with Crippen molar-refractivity contribution in [3.05, 3.63) is 34.6 Å². The zero-order valence-electron chi connectivity index (χ0n) is 11.8. The predicted molar refractivity (Wildman–Crippen MR) is 79.4 cm³/mol. The second-order valence-electron chi connectivity index (χ2n) is 5.42. The standard InChI is InChI=1S/C14H18N2O3Se/c1-14(2,3)19-13(18)15-8-9-16-12(17)10-6-4-5-7-11(10)20-16/h4-7H,8-9H2,1-3H3,(H,15,18). The van der Waals surface area contributed by atoms with Crippen molar-refractivity contribution in [2.45, 2.75) is 32.9 Å². The van der Waals surface area contributed by atoms with Gasteiger partial charge in [-0.3, -0.25) is 0 Å². The number of carbonyl (C=O) groups is 1. The van der Waals surface area contributed by atoms with Gasteiger partial charge in [-0.2, -0.15) is 0 Å². The van der Waals surface area contributed by atoms with Gasteiger partial charge in [-0.1, -0.05) is 0 Å². The molecule has 0 spiro atoms. The topological polar surface area (TPSA) is 60.3 Å². The Labute approximate surface area is 123 Å². The van der Waals surface area contributed by atoms with E-state index in [0.717, 1.165) is 9.65 Å². The van der Waals surface area contributed by atoms with Crippen LogP contribution in [-0.2, 0) is 11.3 Å². The summed E-state index contributed by atoms with van der Waals surface area (Å²) in [5.74, 6) is 0. The first kappa shape index (κ1) is 14.9. The molecule has 0 bridgehead atoms. The van der Waals surface area contributed by atoms with Crippen LogP contribution in [0, 0.1) is 0 Å². The van der Waals surface area contributed by atoms with E-state index in [4.69, 9.17) is 4.74 Å². The molecule has 0 aliphatic carbocycles. The van der Waals surface area contributed by atoms with E-state index in [1.54, 1.807) is 3.56 Å². The van der Waals surface area contributed by atoms with Gasteiger partial charge in [0.25, 0.3) is 0 Å². The van der Waals surface area contributed by atoms with Gasteiger partial charge in [-0.25, -0.2) is 0 Å². The van der Waals surface area contributed by atoms with Crippen molar-refractivity contribution >= 4 is 30.5 Å². The summed E-state index contributed by atoms with van der Waals surface area (Å²) >= 11 is 0.00326. The van der Waals surface area contributed by atoms with E-state index in [-0.39, 0.29) is 20.3 Å². The van der Waals surface area contributed by atoms with Crippen molar-refractivity contribution in [2.24, 2.45) is 0 Å². The molecule has 0 saturated carbocycles. The molecule has 1 aromatic carbocycles. The third-order valence-electron chi connectivity index (χ3n) is 2.54. The first-order valence-corrected chi connectivity index (χ1v) is 8.05. The first-order valence-electron chi connectivity index (χ1n) is 6.42. The summed E-state index contributed by atoms with van der Waals surface area (Å²) in [5.41, 5.74) is -0.458. The maximum atomic E-state index is 12.1. The number of nitrogens with one attached hydrogen (secondary N) is 1. The Morgan fingerprint density at radius 3 is 2.70 bits per heavy atom. The Bertz CT molecular complexity index is 667. The summed E-state index contributed by atoms with van der Waals surface area (Å²) in [4.78, 5) is 23.6. The van der Waals surface area contributed by atoms with E-state index in [1.165, 1.54) is 0 Å². The van der Waals surface area contributed by atoms with Gasteiger partial charge in [-0.15, -0.1) is 0 Å². The number of ether oxygens (including phenoxy) is 1. The molecule has 1 N–H and O–H groups in total. The number of carbonyl (C=O) groups excluding carboxylic acids is 1. The minimum atomic E-state index is -0.506. The molecule has 2 rings (SSSR count). The number of aromatic nitrogens is 1. The number of hydrogen-bond donors (Lipinski definition) is 1. The molecule has 1 amide bonds. The molecule has 6 heteroatoms. The van der Waals surface area contributed by atoms with Crippen molar-refractivity contribution in [3.8, 4) is 0 Å². The molecular weight excluding hydrogens is 323 g/mol. The summed E-state index contributed by atoms with van der Waals surface area (Å²) in [6.45, 7) is 6.35. The van der Waals surface area contributed by atoms with Gasteiger partial charge in [0.1, 0.15) is 0 Å². The number of amides is 1. The molecule has 0 fully saturated rings. The molecule has 20 heavy (non-hydrogen) atoms. The van der Waals surface area contributed by atoms with Gasteiger partial charge in [0.05, 0.1) is 0 Å². The zero-order valence-corrected chi connectivity index (χ0v) is 13.5. The molecule has 0 atom stereocenters. The van der Waals surface area contributed by atoms with Crippen LogP contribution in [0.2, 0.25) is 0 Å². The predicted octanol–water partition coefficient (Wildman–Crippen LogP) is 1.58. The Morgan fingerprint density at radius 2 is 2.05 bits per heavy atom. The number of fused-ring (bicyclic) bond motifs is 1. The third-order valence-corrected chi connectivity index (χ3v) is 4.89. The molecule has 2 aromatic rings. The molecule has 0 radical (unpaired) electrons. The molecule has 1 heterocycles. The fourth-order valence-corrected chi connectivity index (χ4v) is 3.82. The quantitative estimate of drug-likeness (QED) is 0.863. The Morgan fingerprint density at radius 1 is 1.35 bits per heavy atom. The van der Waals surface area contributed by atoms with Crippen LogP contribution in [-0.4, -0.2) is 36.5 Å². The van der Waals surface area contributed by atoms with Crippen molar-refractivity contribution < 1.29 is 9.53 Å². The van der Waals surface area contributed by atoms with E-state index >= 15 is 0 Å². The number of hydrogen-bond acceptors (Lipinski definition) is 3. The van der Waals surface area contributed by atoms with Crippen LogP contribution in [0.1, 0.15) is 20.8 Å². The Balaban J connectivity index is 1.95. The molecular formula is C14H18N2O3Se. The van der Waals surface area contributed by atoms with Crippen LogP contribution in [0.15, 0.2) is 29.1 Å². The van der Waals surface area contributed by atoms with Gasteiger partial charge < -0.3 is 0 Å². The maximum absolute atomic E-state index is 12.1. The summed E-state index contributed by atoms with van der Waals surface area (Å²) in [5, 5.41) is 3.45. The zero-order chi connectivity index (χ0) is 14.8. The second kappa shape index (κ2) is 5.85. The average molecular weight is 341 g/mol. The molecule has 1 aromatic heterocycles. The molecule has 0 aliphatic heterocycles. The van der Waals surface area contributed by atoms with Gasteiger partial charge >= 0.3 is 123 Å². The molecule has 5 nitrogen and oxygen atoms in total. The van der Waals surface area contributed by atoms with Crippen LogP contribution in [0.25, 0.3) is 9.65 Å². The van der Waals surface area contributed by atoms with Crippen molar-refractivity contribution in [1.82, 2.24) is 8.88 Å². The van der Waals surface area contributed by atoms with Gasteiger partial charge in [-0.05, 0) is 0 Å².